The molecule has 19 heavy (non-hydrogen) atoms. The van der Waals surface area contributed by atoms with Crippen LogP contribution in [0.15, 0.2) is 24.3 Å². The quantitative estimate of drug-likeness (QED) is 0.652. The standard InChI is InChI=1S/C15H18FNO2/c16-11-4-6-12(7-5-11)17-13-3-1-2-10-8-9-18-14-15(10,13)19-14/h4-7,10,13-14,17H,1-3,8-9H2/p+1/t10-,13-,14?,15-/m1/s1. The summed E-state index contributed by atoms with van der Waals surface area (Å²) in [6, 6.07) is 7.13. The molecule has 4 heteroatoms. The van der Waals surface area contributed by atoms with Crippen LogP contribution in [0.5, 0.6) is 0 Å². The summed E-state index contributed by atoms with van der Waals surface area (Å²) in [6.45, 7) is 0.834. The van der Waals surface area contributed by atoms with E-state index in [1.165, 1.54) is 25.0 Å². The summed E-state index contributed by atoms with van der Waals surface area (Å²) in [4.78, 5) is 0. The Balaban J connectivity index is 1.55. The second-order valence-corrected chi connectivity index (χ2v) is 5.92. The van der Waals surface area contributed by atoms with Crippen LogP contribution in [0.4, 0.5) is 10.1 Å². The van der Waals surface area contributed by atoms with E-state index in [9.17, 15) is 4.39 Å². The van der Waals surface area contributed by atoms with Gasteiger partial charge < -0.3 is 14.8 Å². The maximum absolute atomic E-state index is 13.0. The van der Waals surface area contributed by atoms with Crippen LogP contribution in [-0.4, -0.2) is 24.5 Å². The number of epoxide rings is 1. The number of halogens is 1. The van der Waals surface area contributed by atoms with E-state index in [2.05, 4.69) is 5.32 Å². The van der Waals surface area contributed by atoms with Gasteiger partial charge in [0.2, 0.25) is 0 Å². The molecule has 102 valence electrons. The summed E-state index contributed by atoms with van der Waals surface area (Å²) in [5, 5.41) is 2.25. The summed E-state index contributed by atoms with van der Waals surface area (Å²) in [6.07, 6.45) is 4.78. The molecule has 1 saturated carbocycles. The van der Waals surface area contributed by atoms with Gasteiger partial charge in [-0.15, -0.1) is 0 Å². The molecule has 2 N–H and O–H groups in total. The zero-order valence-corrected chi connectivity index (χ0v) is 10.8. The molecule has 2 saturated heterocycles. The minimum absolute atomic E-state index is 0.00764. The third-order valence-corrected chi connectivity index (χ3v) is 4.91. The van der Waals surface area contributed by atoms with Gasteiger partial charge >= 0.3 is 0 Å². The van der Waals surface area contributed by atoms with Gasteiger partial charge in [-0.05, 0) is 31.4 Å². The molecule has 1 spiro atoms. The first-order chi connectivity index (χ1) is 9.29. The van der Waals surface area contributed by atoms with E-state index >= 15 is 0 Å². The van der Waals surface area contributed by atoms with Gasteiger partial charge in [0.25, 0.3) is 0 Å². The van der Waals surface area contributed by atoms with Crippen molar-refractivity contribution in [1.82, 2.24) is 0 Å². The third-order valence-electron chi connectivity index (χ3n) is 4.91. The zero-order valence-electron chi connectivity index (χ0n) is 10.8. The van der Waals surface area contributed by atoms with Gasteiger partial charge in [-0.2, -0.15) is 0 Å². The van der Waals surface area contributed by atoms with E-state index in [-0.39, 0.29) is 17.7 Å². The first-order valence-electron chi connectivity index (χ1n) is 7.19. The van der Waals surface area contributed by atoms with Gasteiger partial charge in [-0.25, -0.2) is 4.39 Å². The minimum atomic E-state index is -0.182. The molecule has 0 aromatic heterocycles. The molecule has 1 aliphatic carbocycles. The number of benzene rings is 1. The van der Waals surface area contributed by atoms with Crippen molar-refractivity contribution in [3.63, 3.8) is 0 Å². The molecule has 4 atom stereocenters. The Bertz CT molecular complexity index is 476. The average molecular weight is 264 g/mol. The van der Waals surface area contributed by atoms with E-state index in [1.807, 2.05) is 12.1 Å². The second-order valence-electron chi connectivity index (χ2n) is 5.92. The van der Waals surface area contributed by atoms with Gasteiger partial charge in [0.15, 0.2) is 11.9 Å². The Morgan fingerprint density at radius 1 is 1.16 bits per heavy atom. The van der Waals surface area contributed by atoms with Gasteiger partial charge in [-0.1, -0.05) is 0 Å². The molecule has 1 aromatic rings. The molecule has 0 radical (unpaired) electrons. The van der Waals surface area contributed by atoms with Gasteiger partial charge in [0, 0.05) is 24.5 Å². The maximum atomic E-state index is 13.0. The lowest BCUT2D eigenvalue weighted by atomic mass is 9.72. The highest BCUT2D eigenvalue weighted by molar-refractivity contribution is 5.28. The van der Waals surface area contributed by atoms with Crippen LogP contribution in [0.1, 0.15) is 25.7 Å². The Morgan fingerprint density at radius 2 is 2.00 bits per heavy atom. The van der Waals surface area contributed by atoms with Crippen LogP contribution in [-0.2, 0) is 9.47 Å². The number of ether oxygens (including phenoxy) is 2. The predicted molar refractivity (Wildman–Crippen MR) is 67.3 cm³/mol. The molecule has 2 aliphatic heterocycles. The molecule has 4 rings (SSSR count). The molecule has 1 unspecified atom stereocenters. The summed E-state index contributed by atoms with van der Waals surface area (Å²) >= 11 is 0. The van der Waals surface area contributed by atoms with Crippen molar-refractivity contribution in [2.45, 2.75) is 43.6 Å². The van der Waals surface area contributed by atoms with Crippen LogP contribution in [0, 0.1) is 11.7 Å². The number of rotatable bonds is 2. The molecule has 3 aliphatic rings. The van der Waals surface area contributed by atoms with Crippen LogP contribution < -0.4 is 5.32 Å². The van der Waals surface area contributed by atoms with Crippen molar-refractivity contribution in [2.75, 3.05) is 6.61 Å². The number of nitrogens with two attached hydrogens (primary N) is 1. The fourth-order valence-electron chi connectivity index (χ4n) is 3.91. The van der Waals surface area contributed by atoms with E-state index in [1.54, 1.807) is 0 Å². The van der Waals surface area contributed by atoms with E-state index < -0.39 is 0 Å². The van der Waals surface area contributed by atoms with Crippen LogP contribution >= 0.6 is 0 Å². The molecular formula is C15H19FNO2+. The Morgan fingerprint density at radius 3 is 2.84 bits per heavy atom. The maximum Gasteiger partial charge on any atom is 0.194 e. The largest absolute Gasteiger partial charge is 0.349 e. The Labute approximate surface area is 112 Å². The van der Waals surface area contributed by atoms with Crippen molar-refractivity contribution in [3.8, 4) is 0 Å². The fourth-order valence-corrected chi connectivity index (χ4v) is 3.91. The lowest BCUT2D eigenvalue weighted by Gasteiger charge is -2.36. The smallest absolute Gasteiger partial charge is 0.194 e. The van der Waals surface area contributed by atoms with Crippen molar-refractivity contribution in [3.05, 3.63) is 30.1 Å². The highest BCUT2D eigenvalue weighted by Gasteiger charge is 2.71. The first-order valence-corrected chi connectivity index (χ1v) is 7.19. The molecule has 0 bridgehead atoms. The number of hydrogen-bond donors (Lipinski definition) is 1. The SMILES string of the molecule is Fc1ccc([NH2+][C@@H]2CCC[C@@H]3CCOC4O[C@]432)cc1. The summed E-state index contributed by atoms with van der Waals surface area (Å²) in [5.74, 6) is 0.458. The van der Waals surface area contributed by atoms with Crippen molar-refractivity contribution in [1.29, 1.82) is 0 Å². The fraction of sp³-hybridized carbons (Fsp3) is 0.600. The third kappa shape index (κ3) is 1.82. The zero-order chi connectivity index (χ0) is 12.9. The average Bonchev–Trinajstić information content (AvgIpc) is 3.16. The van der Waals surface area contributed by atoms with Gasteiger partial charge in [0.05, 0.1) is 6.61 Å². The van der Waals surface area contributed by atoms with E-state index in [0.717, 1.165) is 25.1 Å². The van der Waals surface area contributed by atoms with Crippen molar-refractivity contribution < 1.29 is 19.2 Å². The number of hydrogen-bond acceptors (Lipinski definition) is 2. The highest BCUT2D eigenvalue weighted by Crippen LogP contribution is 2.55. The van der Waals surface area contributed by atoms with E-state index in [4.69, 9.17) is 9.47 Å². The molecule has 0 amide bonds. The minimum Gasteiger partial charge on any atom is -0.349 e. The van der Waals surface area contributed by atoms with Crippen LogP contribution in [0.3, 0.4) is 0 Å². The van der Waals surface area contributed by atoms with Crippen molar-refractivity contribution >= 4 is 5.69 Å². The summed E-state index contributed by atoms with van der Waals surface area (Å²) in [7, 11) is 0. The van der Waals surface area contributed by atoms with Crippen molar-refractivity contribution in [2.24, 2.45) is 5.92 Å². The second kappa shape index (κ2) is 4.27. The number of quaternary nitrogens is 1. The predicted octanol–water partition coefficient (Wildman–Crippen LogP) is 1.70. The van der Waals surface area contributed by atoms with Gasteiger partial charge in [0.1, 0.15) is 17.5 Å². The molecular weight excluding hydrogens is 245 g/mol. The lowest BCUT2D eigenvalue weighted by Crippen LogP contribution is -2.89. The van der Waals surface area contributed by atoms with Crippen LogP contribution in [0.2, 0.25) is 0 Å². The van der Waals surface area contributed by atoms with E-state index in [0.29, 0.717) is 12.0 Å². The molecule has 3 fully saturated rings. The summed E-state index contributed by atoms with van der Waals surface area (Å²) < 4.78 is 24.6. The lowest BCUT2D eigenvalue weighted by molar-refractivity contribution is -0.625. The Hall–Kier alpha value is -0.970. The normalized spacial score (nSPS) is 40.4. The molecule has 3 nitrogen and oxygen atoms in total. The first kappa shape index (κ1) is 11.8. The topological polar surface area (TPSA) is 38.4 Å². The monoisotopic (exact) mass is 264 g/mol. The summed E-state index contributed by atoms with van der Waals surface area (Å²) in [5.41, 5.74) is 1.02. The van der Waals surface area contributed by atoms with Gasteiger partial charge in [-0.3, -0.25) is 0 Å². The molecule has 2 heterocycles. The Kier molecular flexibility index (Phi) is 2.65. The van der Waals surface area contributed by atoms with Crippen LogP contribution in [0.25, 0.3) is 0 Å². The highest BCUT2D eigenvalue weighted by atomic mass is 19.1. The molecule has 1 aromatic carbocycles.